The second-order valence-corrected chi connectivity index (χ2v) is 9.65. The molecule has 1 amide bonds. The molecule has 1 aliphatic rings. The summed E-state index contributed by atoms with van der Waals surface area (Å²) >= 11 is 0. The van der Waals surface area contributed by atoms with E-state index in [2.05, 4.69) is 23.2 Å². The number of rotatable bonds is 13. The van der Waals surface area contributed by atoms with E-state index in [9.17, 15) is 20.6 Å². The van der Waals surface area contributed by atoms with E-state index >= 15 is 0 Å². The number of anilines is 1. The Morgan fingerprint density at radius 2 is 1.70 bits per heavy atom. The van der Waals surface area contributed by atoms with Crippen LogP contribution < -0.4 is 10.2 Å². The summed E-state index contributed by atoms with van der Waals surface area (Å²) < 4.78 is 5.80. The Morgan fingerprint density at radius 1 is 1.03 bits per heavy atom. The second-order valence-electron chi connectivity index (χ2n) is 9.65. The van der Waals surface area contributed by atoms with Crippen LogP contribution in [0.1, 0.15) is 71.3 Å². The molecule has 7 nitrogen and oxygen atoms in total. The molecule has 0 spiro atoms. The number of benzene rings is 1. The van der Waals surface area contributed by atoms with Gasteiger partial charge in [-0.1, -0.05) is 56.9 Å². The third-order valence-electron chi connectivity index (χ3n) is 6.34. The first-order valence-electron chi connectivity index (χ1n) is 12.9. The Balaban J connectivity index is 1.92. The number of hydrogen-bond acceptors (Lipinski definition) is 6. The van der Waals surface area contributed by atoms with Crippen molar-refractivity contribution in [2.24, 2.45) is 0 Å². The lowest BCUT2D eigenvalue weighted by molar-refractivity contribution is -0.121. The SMILES string of the molecule is CCCCCCCNC(=O)CCCN(C)c1ccc(/C=C/C2=C(C#N)C(=C(C#N)C#N)OC2(C)C)cc1. The molecule has 7 heteroatoms. The molecule has 1 aromatic carbocycles. The highest BCUT2D eigenvalue weighted by Gasteiger charge is 2.38. The van der Waals surface area contributed by atoms with Gasteiger partial charge in [0.05, 0.1) is 0 Å². The van der Waals surface area contributed by atoms with Crippen molar-refractivity contribution in [1.82, 2.24) is 5.32 Å². The average molecular weight is 500 g/mol. The van der Waals surface area contributed by atoms with Crippen molar-refractivity contribution in [3.05, 3.63) is 58.4 Å². The zero-order chi connectivity index (χ0) is 27.3. The van der Waals surface area contributed by atoms with Crippen molar-refractivity contribution in [2.45, 2.75) is 71.3 Å². The standard InChI is InChI=1S/C30H37N5O2/c1-5-6-7-8-9-18-34-28(36)11-10-19-35(4)25-15-12-23(13-16-25)14-17-27-26(22-33)29(24(20-31)21-32)37-30(27,2)3/h12-17H,5-11,18-19H2,1-4H3,(H,34,36)/b17-14+. The lowest BCUT2D eigenvalue weighted by Gasteiger charge is -2.20. The molecule has 0 saturated carbocycles. The first-order chi connectivity index (χ1) is 17.8. The number of unbranched alkanes of at least 4 members (excludes halogenated alkanes) is 4. The average Bonchev–Trinajstić information content (AvgIpc) is 3.14. The van der Waals surface area contributed by atoms with Crippen LogP contribution in [0.3, 0.4) is 0 Å². The summed E-state index contributed by atoms with van der Waals surface area (Å²) in [4.78, 5) is 14.2. The molecule has 37 heavy (non-hydrogen) atoms. The molecule has 1 N–H and O–H groups in total. The fourth-order valence-corrected chi connectivity index (χ4v) is 4.15. The van der Waals surface area contributed by atoms with Gasteiger partial charge in [-0.05, 0) is 44.4 Å². The van der Waals surface area contributed by atoms with E-state index in [1.165, 1.54) is 25.7 Å². The first-order valence-corrected chi connectivity index (χ1v) is 12.9. The molecule has 0 aromatic heterocycles. The number of nitrogens with one attached hydrogen (secondary N) is 1. The van der Waals surface area contributed by atoms with E-state index in [0.29, 0.717) is 12.0 Å². The Kier molecular flexibility index (Phi) is 11.5. The Hall–Kier alpha value is -4.02. The van der Waals surface area contributed by atoms with Crippen molar-refractivity contribution >= 4 is 17.7 Å². The van der Waals surface area contributed by atoms with E-state index in [1.54, 1.807) is 32.1 Å². The molecule has 0 saturated heterocycles. The van der Waals surface area contributed by atoms with Gasteiger partial charge < -0.3 is 15.0 Å². The van der Waals surface area contributed by atoms with Crippen molar-refractivity contribution < 1.29 is 9.53 Å². The van der Waals surface area contributed by atoms with Crippen LogP contribution >= 0.6 is 0 Å². The predicted molar refractivity (Wildman–Crippen MR) is 146 cm³/mol. The minimum absolute atomic E-state index is 0.0368. The minimum atomic E-state index is -0.836. The summed E-state index contributed by atoms with van der Waals surface area (Å²) in [5, 5.41) is 31.1. The van der Waals surface area contributed by atoms with Crippen LogP contribution in [0.4, 0.5) is 5.69 Å². The molecule has 1 aliphatic heterocycles. The van der Waals surface area contributed by atoms with Gasteiger partial charge in [0.1, 0.15) is 29.4 Å². The molecule has 0 fully saturated rings. The number of nitrogens with zero attached hydrogens (tertiary/aromatic N) is 4. The highest BCUT2D eigenvalue weighted by atomic mass is 16.5. The first kappa shape index (κ1) is 29.2. The molecule has 0 radical (unpaired) electrons. The van der Waals surface area contributed by atoms with Crippen LogP contribution in [0, 0.1) is 34.0 Å². The van der Waals surface area contributed by atoms with Gasteiger partial charge in [0.2, 0.25) is 5.91 Å². The zero-order valence-corrected chi connectivity index (χ0v) is 22.4. The number of carbonyl (C=O) groups is 1. The number of allylic oxidation sites excluding steroid dienone is 2. The van der Waals surface area contributed by atoms with Gasteiger partial charge in [0.15, 0.2) is 11.3 Å². The van der Waals surface area contributed by atoms with Gasteiger partial charge in [0.25, 0.3) is 0 Å². The number of amides is 1. The quantitative estimate of drug-likeness (QED) is 0.266. The van der Waals surface area contributed by atoms with Gasteiger partial charge in [-0.15, -0.1) is 0 Å². The van der Waals surface area contributed by atoms with Gasteiger partial charge in [-0.3, -0.25) is 4.79 Å². The lowest BCUT2D eigenvalue weighted by atomic mass is 9.94. The van der Waals surface area contributed by atoms with E-state index < -0.39 is 5.60 Å². The summed E-state index contributed by atoms with van der Waals surface area (Å²) in [5.74, 6) is 0.152. The van der Waals surface area contributed by atoms with Gasteiger partial charge in [0, 0.05) is 37.8 Å². The maximum Gasteiger partial charge on any atom is 0.220 e. The molecule has 2 rings (SSSR count). The number of hydrogen-bond donors (Lipinski definition) is 1. The molecule has 0 unspecified atom stereocenters. The van der Waals surface area contributed by atoms with Crippen molar-refractivity contribution in [2.75, 3.05) is 25.0 Å². The van der Waals surface area contributed by atoms with Crippen LogP contribution in [0.25, 0.3) is 6.08 Å². The lowest BCUT2D eigenvalue weighted by Crippen LogP contribution is -2.26. The highest BCUT2D eigenvalue weighted by molar-refractivity contribution is 5.75. The Labute approximate surface area is 221 Å². The van der Waals surface area contributed by atoms with Crippen LogP contribution in [0.15, 0.2) is 52.8 Å². The minimum Gasteiger partial charge on any atom is -0.480 e. The number of carbonyl (C=O) groups excluding carboxylic acids is 1. The summed E-state index contributed by atoms with van der Waals surface area (Å²) in [6.45, 7) is 7.34. The predicted octanol–water partition coefficient (Wildman–Crippen LogP) is 5.93. The summed E-state index contributed by atoms with van der Waals surface area (Å²) in [5.41, 5.74) is 1.77. The number of nitriles is 3. The van der Waals surface area contributed by atoms with E-state index in [1.807, 2.05) is 37.4 Å². The van der Waals surface area contributed by atoms with E-state index in [0.717, 1.165) is 37.2 Å². The van der Waals surface area contributed by atoms with Crippen LogP contribution in [0.2, 0.25) is 0 Å². The molecule has 0 bridgehead atoms. The van der Waals surface area contributed by atoms with Gasteiger partial charge >= 0.3 is 0 Å². The summed E-state index contributed by atoms with van der Waals surface area (Å²) in [7, 11) is 2.01. The van der Waals surface area contributed by atoms with Crippen molar-refractivity contribution in [3.63, 3.8) is 0 Å². The Bertz CT molecular complexity index is 1140. The van der Waals surface area contributed by atoms with Crippen LogP contribution in [-0.4, -0.2) is 31.6 Å². The van der Waals surface area contributed by atoms with Gasteiger partial charge in [-0.25, -0.2) is 0 Å². The zero-order valence-electron chi connectivity index (χ0n) is 22.4. The molecule has 1 aromatic rings. The van der Waals surface area contributed by atoms with E-state index in [-0.39, 0.29) is 22.8 Å². The fourth-order valence-electron chi connectivity index (χ4n) is 4.15. The van der Waals surface area contributed by atoms with Crippen LogP contribution in [-0.2, 0) is 9.53 Å². The third kappa shape index (κ3) is 8.55. The second kappa shape index (κ2) is 14.5. The van der Waals surface area contributed by atoms with E-state index in [4.69, 9.17) is 4.74 Å². The summed E-state index contributed by atoms with van der Waals surface area (Å²) in [6, 6.07) is 13.7. The monoisotopic (exact) mass is 499 g/mol. The molecular weight excluding hydrogens is 462 g/mol. The Morgan fingerprint density at radius 3 is 2.32 bits per heavy atom. The maximum atomic E-state index is 12.1. The smallest absolute Gasteiger partial charge is 0.220 e. The summed E-state index contributed by atoms with van der Waals surface area (Å²) in [6.07, 6.45) is 10.9. The van der Waals surface area contributed by atoms with Gasteiger partial charge in [-0.2, -0.15) is 15.8 Å². The van der Waals surface area contributed by atoms with Crippen LogP contribution in [0.5, 0.6) is 0 Å². The third-order valence-corrected chi connectivity index (χ3v) is 6.34. The molecule has 0 aliphatic carbocycles. The van der Waals surface area contributed by atoms with Crippen molar-refractivity contribution in [1.29, 1.82) is 15.8 Å². The largest absolute Gasteiger partial charge is 0.480 e. The topological polar surface area (TPSA) is 113 Å². The molecule has 0 atom stereocenters. The maximum absolute atomic E-state index is 12.1. The van der Waals surface area contributed by atoms with Crippen molar-refractivity contribution in [3.8, 4) is 18.2 Å². The molecule has 1 heterocycles. The molecule has 194 valence electrons. The number of ether oxygens (including phenoxy) is 1. The normalized spacial score (nSPS) is 14.0. The highest BCUT2D eigenvalue weighted by Crippen LogP contribution is 2.40. The fraction of sp³-hybridized carbons (Fsp3) is 0.467. The molecular formula is C30H37N5O2.